The molecule has 42 heavy (non-hydrogen) atoms. The van der Waals surface area contributed by atoms with Gasteiger partial charge in [-0.05, 0) is 12.8 Å². The van der Waals surface area contributed by atoms with Gasteiger partial charge in [0, 0.05) is 18.6 Å². The molecular formula is C23H45N5O14. The van der Waals surface area contributed by atoms with E-state index in [9.17, 15) is 45.6 Å². The molecule has 3 rings (SSSR count). The number of nitrogens with one attached hydrogen (secondary N) is 1. The van der Waals surface area contributed by atoms with Crippen molar-refractivity contribution >= 4 is 5.91 Å². The average Bonchev–Trinajstić information content (AvgIpc) is 2.96. The summed E-state index contributed by atoms with van der Waals surface area (Å²) in [6, 6.07) is -4.51. The van der Waals surface area contributed by atoms with Gasteiger partial charge in [0.15, 0.2) is 12.6 Å². The summed E-state index contributed by atoms with van der Waals surface area (Å²) in [7, 11) is 0. The minimum atomic E-state index is -1.78. The first-order valence-corrected chi connectivity index (χ1v) is 13.6. The summed E-state index contributed by atoms with van der Waals surface area (Å²) in [5, 5.41) is 94.3. The Hall–Kier alpha value is -1.21. The lowest BCUT2D eigenvalue weighted by atomic mass is 9.83. The number of aliphatic hydroxyl groups is 9. The van der Waals surface area contributed by atoms with Crippen LogP contribution in [-0.4, -0.2) is 176 Å². The van der Waals surface area contributed by atoms with E-state index < -0.39 is 123 Å². The second-order valence-corrected chi connectivity index (χ2v) is 10.9. The molecule has 18 N–H and O–H groups in total. The molecule has 19 heteroatoms. The maximum atomic E-state index is 12.8. The van der Waals surface area contributed by atoms with Crippen molar-refractivity contribution in [3.05, 3.63) is 0 Å². The molecule has 3 aliphatic rings. The summed E-state index contributed by atoms with van der Waals surface area (Å²) in [6.07, 6.45) is -20.7. The summed E-state index contributed by atoms with van der Waals surface area (Å²) in [5.74, 6) is -0.948. The van der Waals surface area contributed by atoms with Crippen molar-refractivity contribution in [2.24, 2.45) is 22.9 Å². The second kappa shape index (κ2) is 15.2. The SMILES string of the molecule is NC[C@H]1O[C@H](O[C@H]2[C@H](O)[C@@H](O[C@@H]3O[C@@H](CO)[C@H](O)[C@@H](N)[C@@H]3O)[C@H](NC(=O)[C@@H](O)C[C@@H](N)CO)C[C@@H]2N)[C@H](O)[C@@H](O)[C@@H]1O. The van der Waals surface area contributed by atoms with Crippen LogP contribution in [-0.2, 0) is 23.7 Å². The first-order valence-electron chi connectivity index (χ1n) is 13.6. The lowest BCUT2D eigenvalue weighted by Crippen LogP contribution is -2.69. The van der Waals surface area contributed by atoms with Crippen molar-refractivity contribution < 1.29 is 69.7 Å². The van der Waals surface area contributed by atoms with E-state index in [1.807, 2.05) is 0 Å². The summed E-state index contributed by atoms with van der Waals surface area (Å²) in [6.45, 7) is -1.44. The highest BCUT2D eigenvalue weighted by atomic mass is 16.7. The molecule has 17 atom stereocenters. The van der Waals surface area contributed by atoms with Crippen LogP contribution in [0.5, 0.6) is 0 Å². The van der Waals surface area contributed by atoms with E-state index in [-0.39, 0.29) is 19.4 Å². The third kappa shape index (κ3) is 7.71. The molecule has 2 heterocycles. The van der Waals surface area contributed by atoms with E-state index in [0.717, 1.165) is 0 Å². The number of hydrogen-bond acceptors (Lipinski definition) is 18. The molecule has 246 valence electrons. The zero-order valence-electron chi connectivity index (χ0n) is 22.7. The largest absolute Gasteiger partial charge is 0.395 e. The first-order chi connectivity index (χ1) is 19.7. The van der Waals surface area contributed by atoms with Gasteiger partial charge >= 0.3 is 0 Å². The smallest absolute Gasteiger partial charge is 0.249 e. The van der Waals surface area contributed by atoms with Crippen LogP contribution in [0.3, 0.4) is 0 Å². The molecule has 0 spiro atoms. The zero-order chi connectivity index (χ0) is 31.5. The molecule has 19 nitrogen and oxygen atoms in total. The Kier molecular flexibility index (Phi) is 12.8. The molecular weight excluding hydrogens is 570 g/mol. The van der Waals surface area contributed by atoms with Crippen LogP contribution >= 0.6 is 0 Å². The molecule has 3 fully saturated rings. The Labute approximate surface area is 240 Å². The third-order valence-corrected chi connectivity index (χ3v) is 7.83. The van der Waals surface area contributed by atoms with Crippen molar-refractivity contribution in [3.63, 3.8) is 0 Å². The molecule has 0 aromatic rings. The maximum Gasteiger partial charge on any atom is 0.249 e. The number of nitrogens with two attached hydrogens (primary N) is 4. The maximum absolute atomic E-state index is 12.8. The van der Waals surface area contributed by atoms with Crippen LogP contribution in [0.15, 0.2) is 0 Å². The molecule has 0 aromatic heterocycles. The van der Waals surface area contributed by atoms with Crippen LogP contribution in [0.4, 0.5) is 0 Å². The number of carbonyl (C=O) groups excluding carboxylic acids is 1. The van der Waals surface area contributed by atoms with Gasteiger partial charge in [0.05, 0.1) is 25.3 Å². The van der Waals surface area contributed by atoms with Gasteiger partial charge in [-0.2, -0.15) is 0 Å². The quantitative estimate of drug-likeness (QED) is 0.102. The highest BCUT2D eigenvalue weighted by Gasteiger charge is 2.52. The standard InChI is InChI=1S/C23H45N5O14/c24-3-10-14(33)16(35)17(36)23(39-10)41-19-7(26)2-8(28-21(38)9(31)1-6(25)4-29)20(18(19)37)42-22-15(34)12(27)13(32)11(5-30)40-22/h6-20,22-23,29-37H,1-5,24-27H2,(H,28,38)/t6-,7+,8-,9+,10-,11+,12-,13+,14-,15+,16+,17-,18+,19-,20+,22+,23-/m1/s1. The van der Waals surface area contributed by atoms with Crippen LogP contribution in [0.2, 0.25) is 0 Å². The zero-order valence-corrected chi connectivity index (χ0v) is 22.7. The van der Waals surface area contributed by atoms with Crippen LogP contribution in [0, 0.1) is 0 Å². The molecule has 2 aliphatic heterocycles. The lowest BCUT2D eigenvalue weighted by Gasteiger charge is -2.49. The third-order valence-electron chi connectivity index (χ3n) is 7.83. The lowest BCUT2D eigenvalue weighted by molar-refractivity contribution is -0.332. The average molecular weight is 616 g/mol. The fourth-order valence-corrected chi connectivity index (χ4v) is 5.25. The predicted molar refractivity (Wildman–Crippen MR) is 137 cm³/mol. The van der Waals surface area contributed by atoms with E-state index in [1.165, 1.54) is 0 Å². The Bertz CT molecular complexity index is 862. The molecule has 1 amide bonds. The van der Waals surface area contributed by atoms with E-state index >= 15 is 0 Å². The van der Waals surface area contributed by atoms with Gasteiger partial charge in [0.1, 0.15) is 67.1 Å². The summed E-state index contributed by atoms with van der Waals surface area (Å²) < 4.78 is 22.5. The predicted octanol–water partition coefficient (Wildman–Crippen LogP) is -9.06. The van der Waals surface area contributed by atoms with Crippen LogP contribution in [0.25, 0.3) is 0 Å². The minimum absolute atomic E-state index is 0.188. The van der Waals surface area contributed by atoms with Crippen molar-refractivity contribution in [1.82, 2.24) is 5.32 Å². The van der Waals surface area contributed by atoms with Gasteiger partial charge in [-0.15, -0.1) is 0 Å². The van der Waals surface area contributed by atoms with Gasteiger partial charge < -0.3 is 93.2 Å². The Morgan fingerprint density at radius 2 is 1.45 bits per heavy atom. The number of aliphatic hydroxyl groups excluding tert-OH is 9. The highest BCUT2D eigenvalue weighted by molar-refractivity contribution is 5.80. The van der Waals surface area contributed by atoms with Crippen molar-refractivity contribution in [2.45, 2.75) is 117 Å². The fraction of sp³-hybridized carbons (Fsp3) is 0.957. The van der Waals surface area contributed by atoms with Gasteiger partial charge in [0.2, 0.25) is 5.91 Å². The number of hydrogen-bond donors (Lipinski definition) is 14. The van der Waals surface area contributed by atoms with E-state index in [4.69, 9.17) is 47.0 Å². The van der Waals surface area contributed by atoms with Gasteiger partial charge in [0.25, 0.3) is 0 Å². The second-order valence-electron chi connectivity index (χ2n) is 10.9. The molecule has 1 aliphatic carbocycles. The molecule has 0 unspecified atom stereocenters. The van der Waals surface area contributed by atoms with Gasteiger partial charge in [-0.1, -0.05) is 0 Å². The topological polar surface area (TPSA) is 352 Å². The van der Waals surface area contributed by atoms with Crippen molar-refractivity contribution in [1.29, 1.82) is 0 Å². The molecule has 2 saturated heterocycles. The van der Waals surface area contributed by atoms with Crippen molar-refractivity contribution in [3.8, 4) is 0 Å². The normalized spacial score (nSPS) is 46.2. The highest BCUT2D eigenvalue weighted by Crippen LogP contribution is 2.32. The number of ether oxygens (including phenoxy) is 4. The monoisotopic (exact) mass is 615 g/mol. The van der Waals surface area contributed by atoms with Crippen LogP contribution in [0.1, 0.15) is 12.8 Å². The van der Waals surface area contributed by atoms with E-state index in [2.05, 4.69) is 5.32 Å². The number of rotatable bonds is 11. The number of carbonyl (C=O) groups is 1. The number of amides is 1. The van der Waals surface area contributed by atoms with Gasteiger partial charge in [-0.3, -0.25) is 4.79 Å². The summed E-state index contributed by atoms with van der Waals surface area (Å²) in [4.78, 5) is 12.8. The molecule has 1 saturated carbocycles. The minimum Gasteiger partial charge on any atom is -0.395 e. The molecule has 0 aromatic carbocycles. The summed E-state index contributed by atoms with van der Waals surface area (Å²) in [5.41, 5.74) is 23.3. The van der Waals surface area contributed by atoms with E-state index in [0.29, 0.717) is 0 Å². The Morgan fingerprint density at radius 3 is 2.05 bits per heavy atom. The summed E-state index contributed by atoms with van der Waals surface area (Å²) >= 11 is 0. The fourth-order valence-electron chi connectivity index (χ4n) is 5.25. The Balaban J connectivity index is 1.85. The van der Waals surface area contributed by atoms with Gasteiger partial charge in [-0.25, -0.2) is 0 Å². The molecule has 0 bridgehead atoms. The van der Waals surface area contributed by atoms with E-state index in [1.54, 1.807) is 0 Å². The first kappa shape index (κ1) is 35.3. The molecule has 0 radical (unpaired) electrons. The van der Waals surface area contributed by atoms with Crippen LogP contribution < -0.4 is 28.3 Å². The van der Waals surface area contributed by atoms with Crippen molar-refractivity contribution in [2.75, 3.05) is 19.8 Å². The Morgan fingerprint density at radius 1 is 0.857 bits per heavy atom.